The Morgan fingerprint density at radius 1 is 1.15 bits per heavy atom. The standard InChI is InChI=1S/C17H22N2O/c20-16(19-10-7-17(5-6-17)8-11-19)14-3-1-2-13-4-9-18-12-15(13)14/h1-3,18H,4-12H2. The Bertz CT molecular complexity index is 538. The van der Waals surface area contributed by atoms with Gasteiger partial charge in [0.25, 0.3) is 5.91 Å². The number of hydrogen-bond acceptors (Lipinski definition) is 2. The van der Waals surface area contributed by atoms with Crippen LogP contribution < -0.4 is 5.32 Å². The van der Waals surface area contributed by atoms with E-state index in [1.165, 1.54) is 36.8 Å². The van der Waals surface area contributed by atoms with E-state index in [1.54, 1.807) is 0 Å². The minimum absolute atomic E-state index is 0.251. The maximum atomic E-state index is 12.8. The van der Waals surface area contributed by atoms with Crippen LogP contribution in [-0.4, -0.2) is 30.4 Å². The van der Waals surface area contributed by atoms with Gasteiger partial charge >= 0.3 is 0 Å². The van der Waals surface area contributed by atoms with Crippen molar-refractivity contribution in [3.05, 3.63) is 34.9 Å². The average molecular weight is 270 g/mol. The summed E-state index contributed by atoms with van der Waals surface area (Å²) in [7, 11) is 0. The average Bonchev–Trinajstić information content (AvgIpc) is 3.26. The lowest BCUT2D eigenvalue weighted by Gasteiger charge is -2.33. The Hall–Kier alpha value is -1.35. The van der Waals surface area contributed by atoms with Crippen molar-refractivity contribution in [3.8, 4) is 0 Å². The summed E-state index contributed by atoms with van der Waals surface area (Å²) < 4.78 is 0. The molecule has 2 aliphatic heterocycles. The molecule has 106 valence electrons. The highest BCUT2D eigenvalue weighted by atomic mass is 16.2. The summed E-state index contributed by atoms with van der Waals surface area (Å²) in [5.74, 6) is 0.251. The SMILES string of the molecule is O=C(c1cccc2c1CNCC2)N1CCC2(CC1)CC2. The zero-order valence-electron chi connectivity index (χ0n) is 12.0. The zero-order chi connectivity index (χ0) is 13.6. The Kier molecular flexibility index (Phi) is 2.84. The molecule has 1 saturated heterocycles. The molecule has 1 aromatic carbocycles. The lowest BCUT2D eigenvalue weighted by atomic mass is 9.91. The molecule has 0 unspecified atom stereocenters. The van der Waals surface area contributed by atoms with Crippen LogP contribution in [0.1, 0.15) is 47.2 Å². The number of amides is 1. The number of nitrogens with one attached hydrogen (secondary N) is 1. The molecule has 3 aliphatic rings. The van der Waals surface area contributed by atoms with Gasteiger partial charge < -0.3 is 10.2 Å². The van der Waals surface area contributed by atoms with Crippen molar-refractivity contribution in [1.82, 2.24) is 10.2 Å². The van der Waals surface area contributed by atoms with Gasteiger partial charge in [0.2, 0.25) is 0 Å². The maximum absolute atomic E-state index is 12.8. The molecular formula is C17H22N2O. The molecule has 0 bridgehead atoms. The van der Waals surface area contributed by atoms with Crippen molar-refractivity contribution in [2.24, 2.45) is 5.41 Å². The first-order valence-electron chi connectivity index (χ1n) is 7.88. The second-order valence-electron chi connectivity index (χ2n) is 6.66. The second kappa shape index (κ2) is 4.59. The first kappa shape index (κ1) is 12.4. The normalized spacial score (nSPS) is 23.5. The van der Waals surface area contributed by atoms with Gasteiger partial charge in [0.1, 0.15) is 0 Å². The summed E-state index contributed by atoms with van der Waals surface area (Å²) in [4.78, 5) is 14.9. The lowest BCUT2D eigenvalue weighted by molar-refractivity contribution is 0.0677. The molecule has 20 heavy (non-hydrogen) atoms. The van der Waals surface area contributed by atoms with Crippen LogP contribution in [0.15, 0.2) is 18.2 Å². The molecule has 1 saturated carbocycles. The van der Waals surface area contributed by atoms with Crippen molar-refractivity contribution in [3.63, 3.8) is 0 Å². The summed E-state index contributed by atoms with van der Waals surface area (Å²) in [6.45, 7) is 3.78. The molecule has 0 radical (unpaired) electrons. The first-order chi connectivity index (χ1) is 9.77. The van der Waals surface area contributed by atoms with Crippen molar-refractivity contribution >= 4 is 5.91 Å². The fraction of sp³-hybridized carbons (Fsp3) is 0.588. The number of carbonyl (C=O) groups excluding carboxylic acids is 1. The molecule has 1 aromatic rings. The van der Waals surface area contributed by atoms with Crippen LogP contribution in [0.2, 0.25) is 0 Å². The maximum Gasteiger partial charge on any atom is 0.254 e. The highest BCUT2D eigenvalue weighted by molar-refractivity contribution is 5.96. The summed E-state index contributed by atoms with van der Waals surface area (Å²) in [6.07, 6.45) is 6.25. The molecule has 4 rings (SSSR count). The third kappa shape index (κ3) is 2.05. The summed E-state index contributed by atoms with van der Waals surface area (Å²) in [6, 6.07) is 6.22. The number of hydrogen-bond donors (Lipinski definition) is 1. The number of piperidine rings is 1. The third-order valence-corrected chi connectivity index (χ3v) is 5.44. The topological polar surface area (TPSA) is 32.3 Å². The molecular weight excluding hydrogens is 248 g/mol. The smallest absolute Gasteiger partial charge is 0.254 e. The zero-order valence-corrected chi connectivity index (χ0v) is 12.0. The Morgan fingerprint density at radius 3 is 2.70 bits per heavy atom. The largest absolute Gasteiger partial charge is 0.339 e. The summed E-state index contributed by atoms with van der Waals surface area (Å²) >= 11 is 0. The van der Waals surface area contributed by atoms with E-state index < -0.39 is 0 Å². The number of likely N-dealkylation sites (tertiary alicyclic amines) is 1. The van der Waals surface area contributed by atoms with E-state index in [4.69, 9.17) is 0 Å². The molecule has 1 spiro atoms. The van der Waals surface area contributed by atoms with Gasteiger partial charge in [-0.1, -0.05) is 12.1 Å². The molecule has 3 nitrogen and oxygen atoms in total. The van der Waals surface area contributed by atoms with E-state index in [0.717, 1.165) is 38.2 Å². The van der Waals surface area contributed by atoms with Gasteiger partial charge in [0.15, 0.2) is 0 Å². The lowest BCUT2D eigenvalue weighted by Crippen LogP contribution is -2.40. The van der Waals surface area contributed by atoms with E-state index in [0.29, 0.717) is 5.41 Å². The first-order valence-corrected chi connectivity index (χ1v) is 7.88. The van der Waals surface area contributed by atoms with Crippen molar-refractivity contribution in [1.29, 1.82) is 0 Å². The molecule has 0 atom stereocenters. The third-order valence-electron chi connectivity index (χ3n) is 5.44. The number of carbonyl (C=O) groups is 1. The van der Waals surface area contributed by atoms with Gasteiger partial charge in [-0.15, -0.1) is 0 Å². The molecule has 0 aromatic heterocycles. The number of nitrogens with zero attached hydrogens (tertiary/aromatic N) is 1. The molecule has 1 N–H and O–H groups in total. The molecule has 2 fully saturated rings. The number of benzene rings is 1. The van der Waals surface area contributed by atoms with Crippen molar-refractivity contribution in [2.45, 2.75) is 38.6 Å². The van der Waals surface area contributed by atoms with Gasteiger partial charge in [0.05, 0.1) is 0 Å². The van der Waals surface area contributed by atoms with Gasteiger partial charge in [-0.3, -0.25) is 4.79 Å². The molecule has 2 heterocycles. The van der Waals surface area contributed by atoms with Crippen LogP contribution in [0.5, 0.6) is 0 Å². The van der Waals surface area contributed by atoms with Gasteiger partial charge in [-0.05, 0) is 61.3 Å². The van der Waals surface area contributed by atoms with Crippen LogP contribution in [-0.2, 0) is 13.0 Å². The van der Waals surface area contributed by atoms with Crippen LogP contribution >= 0.6 is 0 Å². The van der Waals surface area contributed by atoms with Crippen LogP contribution in [0, 0.1) is 5.41 Å². The van der Waals surface area contributed by atoms with Crippen molar-refractivity contribution < 1.29 is 4.79 Å². The van der Waals surface area contributed by atoms with Gasteiger partial charge in [-0.25, -0.2) is 0 Å². The van der Waals surface area contributed by atoms with E-state index >= 15 is 0 Å². The van der Waals surface area contributed by atoms with E-state index in [2.05, 4.69) is 16.3 Å². The van der Waals surface area contributed by atoms with Crippen LogP contribution in [0.4, 0.5) is 0 Å². The van der Waals surface area contributed by atoms with E-state index in [1.807, 2.05) is 12.1 Å². The minimum Gasteiger partial charge on any atom is -0.339 e. The Labute approximate surface area is 120 Å². The summed E-state index contributed by atoms with van der Waals surface area (Å²) in [5.41, 5.74) is 4.15. The predicted octanol–water partition coefficient (Wildman–Crippen LogP) is 2.35. The van der Waals surface area contributed by atoms with E-state index in [9.17, 15) is 4.79 Å². The monoisotopic (exact) mass is 270 g/mol. The van der Waals surface area contributed by atoms with E-state index in [-0.39, 0.29) is 5.91 Å². The van der Waals surface area contributed by atoms with Crippen LogP contribution in [0.25, 0.3) is 0 Å². The highest BCUT2D eigenvalue weighted by Crippen LogP contribution is 2.53. The van der Waals surface area contributed by atoms with Crippen LogP contribution in [0.3, 0.4) is 0 Å². The Balaban J connectivity index is 1.56. The Morgan fingerprint density at radius 2 is 1.95 bits per heavy atom. The number of fused-ring (bicyclic) bond motifs is 1. The summed E-state index contributed by atoms with van der Waals surface area (Å²) in [5, 5.41) is 3.39. The molecule has 3 heteroatoms. The minimum atomic E-state index is 0.251. The quantitative estimate of drug-likeness (QED) is 0.849. The highest BCUT2D eigenvalue weighted by Gasteiger charge is 2.45. The number of rotatable bonds is 1. The molecule has 1 amide bonds. The van der Waals surface area contributed by atoms with Gasteiger partial charge in [-0.2, -0.15) is 0 Å². The van der Waals surface area contributed by atoms with Crippen molar-refractivity contribution in [2.75, 3.05) is 19.6 Å². The fourth-order valence-corrected chi connectivity index (χ4v) is 3.75. The van der Waals surface area contributed by atoms with Gasteiger partial charge in [0, 0.05) is 25.2 Å². The molecule has 1 aliphatic carbocycles. The predicted molar refractivity (Wildman–Crippen MR) is 78.7 cm³/mol. The fourth-order valence-electron chi connectivity index (χ4n) is 3.75. The second-order valence-corrected chi connectivity index (χ2v) is 6.66.